The van der Waals surface area contributed by atoms with E-state index in [0.717, 1.165) is 17.1 Å². The van der Waals surface area contributed by atoms with E-state index in [1.54, 1.807) is 11.3 Å². The van der Waals surface area contributed by atoms with Crippen LogP contribution in [0.5, 0.6) is 0 Å². The maximum atomic E-state index is 11.7. The number of hydrogen-bond acceptors (Lipinski definition) is 4. The molecule has 0 aromatic carbocycles. The number of nitrogens with zero attached hydrogens (tertiary/aromatic N) is 1. The van der Waals surface area contributed by atoms with Crippen LogP contribution in [0.25, 0.3) is 0 Å². The predicted octanol–water partition coefficient (Wildman–Crippen LogP) is 1.50. The van der Waals surface area contributed by atoms with Crippen LogP contribution in [-0.4, -0.2) is 28.1 Å². The number of rotatable bonds is 4. The third kappa shape index (κ3) is 3.92. The van der Waals surface area contributed by atoms with Gasteiger partial charge >= 0.3 is 12.0 Å². The molecule has 0 spiro atoms. The number of aryl methyl sites for hydroxylation is 1. The summed E-state index contributed by atoms with van der Waals surface area (Å²) < 4.78 is 0. The largest absolute Gasteiger partial charge is 0.481 e. The van der Waals surface area contributed by atoms with Crippen molar-refractivity contribution in [2.75, 3.05) is 0 Å². The Morgan fingerprint density at radius 2 is 2.32 bits per heavy atom. The van der Waals surface area contributed by atoms with Crippen molar-refractivity contribution in [1.82, 2.24) is 15.6 Å². The van der Waals surface area contributed by atoms with Gasteiger partial charge in [-0.3, -0.25) is 4.79 Å². The Hall–Kier alpha value is -1.63. The fraction of sp³-hybridized carbons (Fsp3) is 0.583. The summed E-state index contributed by atoms with van der Waals surface area (Å²) in [6.07, 6.45) is 1.87. The summed E-state index contributed by atoms with van der Waals surface area (Å²) in [6.45, 7) is 2.31. The predicted molar refractivity (Wildman–Crippen MR) is 71.0 cm³/mol. The first-order chi connectivity index (χ1) is 9.04. The van der Waals surface area contributed by atoms with Crippen LogP contribution in [0.4, 0.5) is 4.79 Å². The fourth-order valence-corrected chi connectivity index (χ4v) is 2.85. The molecule has 1 heterocycles. The highest BCUT2D eigenvalue weighted by molar-refractivity contribution is 7.09. The van der Waals surface area contributed by atoms with Gasteiger partial charge in [-0.15, -0.1) is 11.3 Å². The molecule has 6 nitrogen and oxygen atoms in total. The Balaban J connectivity index is 1.72. The average molecular weight is 283 g/mol. The summed E-state index contributed by atoms with van der Waals surface area (Å²) in [6, 6.07) is -0.306. The minimum absolute atomic E-state index is 0.0433. The van der Waals surface area contributed by atoms with Gasteiger partial charge in [0.15, 0.2) is 0 Å². The summed E-state index contributed by atoms with van der Waals surface area (Å²) in [5.41, 5.74) is 0.840. The van der Waals surface area contributed by atoms with Gasteiger partial charge in [0.2, 0.25) is 0 Å². The first-order valence-corrected chi connectivity index (χ1v) is 7.10. The lowest BCUT2D eigenvalue weighted by Gasteiger charge is -2.12. The highest BCUT2D eigenvalue weighted by Crippen LogP contribution is 2.25. The van der Waals surface area contributed by atoms with E-state index in [0.29, 0.717) is 19.4 Å². The highest BCUT2D eigenvalue weighted by Gasteiger charge is 2.30. The molecule has 0 saturated heterocycles. The molecule has 2 rings (SSSR count). The molecular formula is C12H17N3O3S. The number of thiazole rings is 1. The number of nitrogens with one attached hydrogen (secondary N) is 2. The second kappa shape index (κ2) is 6.01. The lowest BCUT2D eigenvalue weighted by molar-refractivity contribution is -0.141. The molecule has 2 amide bonds. The Morgan fingerprint density at radius 3 is 2.89 bits per heavy atom. The molecule has 1 fully saturated rings. The van der Waals surface area contributed by atoms with Gasteiger partial charge in [0.25, 0.3) is 0 Å². The molecule has 1 aliphatic rings. The number of aromatic nitrogens is 1. The third-order valence-electron chi connectivity index (χ3n) is 3.21. The maximum Gasteiger partial charge on any atom is 0.315 e. The number of urea groups is 1. The quantitative estimate of drug-likeness (QED) is 0.781. The normalized spacial score (nSPS) is 22.2. The molecule has 3 N–H and O–H groups in total. The molecule has 2 atom stereocenters. The van der Waals surface area contributed by atoms with E-state index < -0.39 is 5.97 Å². The average Bonchev–Trinajstić information content (AvgIpc) is 2.96. The molecule has 1 aromatic heterocycles. The molecule has 0 aliphatic heterocycles. The topological polar surface area (TPSA) is 91.3 Å². The van der Waals surface area contributed by atoms with Crippen molar-refractivity contribution in [1.29, 1.82) is 0 Å². The number of carbonyl (C=O) groups is 2. The summed E-state index contributed by atoms with van der Waals surface area (Å²) in [7, 11) is 0. The van der Waals surface area contributed by atoms with E-state index in [4.69, 9.17) is 5.11 Å². The van der Waals surface area contributed by atoms with Crippen molar-refractivity contribution in [2.24, 2.45) is 5.92 Å². The van der Waals surface area contributed by atoms with E-state index in [1.807, 2.05) is 12.3 Å². The second-order valence-corrected chi connectivity index (χ2v) is 5.79. The van der Waals surface area contributed by atoms with Crippen LogP contribution in [0.1, 0.15) is 30.0 Å². The van der Waals surface area contributed by atoms with Gasteiger partial charge < -0.3 is 15.7 Å². The standard InChI is InChI=1S/C12H17N3O3S/c1-7-14-10(6-19-7)5-13-12(18)15-9-3-2-8(4-9)11(16)17/h6,8-9H,2-5H2,1H3,(H,16,17)(H2,13,15,18). The summed E-state index contributed by atoms with van der Waals surface area (Å²) in [5, 5.41) is 17.3. The smallest absolute Gasteiger partial charge is 0.315 e. The minimum Gasteiger partial charge on any atom is -0.481 e. The molecular weight excluding hydrogens is 266 g/mol. The Kier molecular flexibility index (Phi) is 4.36. The number of hydrogen-bond donors (Lipinski definition) is 3. The van der Waals surface area contributed by atoms with E-state index in [2.05, 4.69) is 15.6 Å². The van der Waals surface area contributed by atoms with Gasteiger partial charge in [-0.2, -0.15) is 0 Å². The molecule has 1 aromatic rings. The molecule has 0 radical (unpaired) electrons. The zero-order valence-corrected chi connectivity index (χ0v) is 11.5. The van der Waals surface area contributed by atoms with Crippen LogP contribution in [0, 0.1) is 12.8 Å². The minimum atomic E-state index is -0.775. The van der Waals surface area contributed by atoms with Crippen molar-refractivity contribution in [3.05, 3.63) is 16.1 Å². The van der Waals surface area contributed by atoms with Crippen molar-refractivity contribution in [3.63, 3.8) is 0 Å². The van der Waals surface area contributed by atoms with E-state index in [9.17, 15) is 9.59 Å². The highest BCUT2D eigenvalue weighted by atomic mass is 32.1. The molecule has 1 saturated carbocycles. The van der Waals surface area contributed by atoms with Gasteiger partial charge in [-0.1, -0.05) is 0 Å². The monoisotopic (exact) mass is 283 g/mol. The fourth-order valence-electron chi connectivity index (χ4n) is 2.23. The Morgan fingerprint density at radius 1 is 1.53 bits per heavy atom. The molecule has 7 heteroatoms. The molecule has 104 valence electrons. The Labute approximate surface area is 115 Å². The zero-order chi connectivity index (χ0) is 13.8. The van der Waals surface area contributed by atoms with Gasteiger partial charge in [-0.05, 0) is 26.2 Å². The summed E-state index contributed by atoms with van der Waals surface area (Å²) in [5.74, 6) is -1.10. The van der Waals surface area contributed by atoms with Crippen molar-refractivity contribution < 1.29 is 14.7 Å². The van der Waals surface area contributed by atoms with Crippen LogP contribution in [0.2, 0.25) is 0 Å². The number of carboxylic acids is 1. The van der Waals surface area contributed by atoms with E-state index in [1.165, 1.54) is 0 Å². The van der Waals surface area contributed by atoms with Crippen LogP contribution in [0.3, 0.4) is 0 Å². The maximum absolute atomic E-state index is 11.7. The van der Waals surface area contributed by atoms with Crippen LogP contribution in [-0.2, 0) is 11.3 Å². The summed E-state index contributed by atoms with van der Waals surface area (Å²) >= 11 is 1.54. The van der Waals surface area contributed by atoms with E-state index >= 15 is 0 Å². The van der Waals surface area contributed by atoms with Gasteiger partial charge in [0, 0.05) is 11.4 Å². The van der Waals surface area contributed by atoms with E-state index in [-0.39, 0.29) is 18.0 Å². The lowest BCUT2D eigenvalue weighted by atomic mass is 10.1. The summed E-state index contributed by atoms with van der Waals surface area (Å²) in [4.78, 5) is 26.7. The van der Waals surface area contributed by atoms with Crippen LogP contribution >= 0.6 is 11.3 Å². The first kappa shape index (κ1) is 13.8. The van der Waals surface area contributed by atoms with Gasteiger partial charge in [-0.25, -0.2) is 9.78 Å². The molecule has 1 aliphatic carbocycles. The van der Waals surface area contributed by atoms with Gasteiger partial charge in [0.05, 0.1) is 23.2 Å². The van der Waals surface area contributed by atoms with Gasteiger partial charge in [0.1, 0.15) is 0 Å². The van der Waals surface area contributed by atoms with Crippen molar-refractivity contribution in [2.45, 2.75) is 38.8 Å². The number of carbonyl (C=O) groups excluding carboxylic acids is 1. The van der Waals surface area contributed by atoms with Crippen LogP contribution < -0.4 is 10.6 Å². The second-order valence-electron chi connectivity index (χ2n) is 4.73. The number of aliphatic carboxylic acids is 1. The number of carboxylic acid groups (broad SMARTS) is 1. The lowest BCUT2D eigenvalue weighted by Crippen LogP contribution is -2.40. The molecule has 2 unspecified atom stereocenters. The van der Waals surface area contributed by atoms with Crippen molar-refractivity contribution >= 4 is 23.3 Å². The number of amides is 2. The third-order valence-corrected chi connectivity index (χ3v) is 4.04. The molecule has 0 bridgehead atoms. The first-order valence-electron chi connectivity index (χ1n) is 6.23. The Bertz CT molecular complexity index is 475. The van der Waals surface area contributed by atoms with Crippen LogP contribution in [0.15, 0.2) is 5.38 Å². The SMILES string of the molecule is Cc1nc(CNC(=O)NC2CCC(C(=O)O)C2)cs1. The zero-order valence-electron chi connectivity index (χ0n) is 10.7. The molecule has 19 heavy (non-hydrogen) atoms. The van der Waals surface area contributed by atoms with Crippen molar-refractivity contribution in [3.8, 4) is 0 Å².